The van der Waals surface area contributed by atoms with Gasteiger partial charge in [-0.3, -0.25) is 0 Å². The smallest absolute Gasteiger partial charge is 0.319 e. The Morgan fingerprint density at radius 2 is 2.12 bits per heavy atom. The van der Waals surface area contributed by atoms with Crippen LogP contribution < -0.4 is 15.4 Å². The lowest BCUT2D eigenvalue weighted by Gasteiger charge is -2.21. The summed E-state index contributed by atoms with van der Waals surface area (Å²) in [6, 6.07) is 4.03. The number of urea groups is 1. The van der Waals surface area contributed by atoms with Crippen LogP contribution in [0.1, 0.15) is 0 Å². The molecule has 1 aromatic rings. The summed E-state index contributed by atoms with van der Waals surface area (Å²) in [6.45, 7) is 0.552. The summed E-state index contributed by atoms with van der Waals surface area (Å²) in [6.07, 6.45) is 0. The van der Waals surface area contributed by atoms with E-state index in [2.05, 4.69) is 10.6 Å². The molecule has 10 heteroatoms. The van der Waals surface area contributed by atoms with Crippen LogP contribution in [0.3, 0.4) is 0 Å². The number of sulfonamides is 1. The quantitative estimate of drug-likeness (QED) is 0.763. The second-order valence-electron chi connectivity index (χ2n) is 5.91. The largest absolute Gasteiger partial charge is 0.495 e. The number of hydrogen-bond donors (Lipinski definition) is 2. The van der Waals surface area contributed by atoms with Crippen molar-refractivity contribution in [3.63, 3.8) is 0 Å². The molecule has 0 aromatic heterocycles. The Morgan fingerprint density at radius 1 is 1.40 bits per heavy atom. The fourth-order valence-corrected chi connectivity index (χ4v) is 3.85. The first-order valence-electron chi connectivity index (χ1n) is 7.62. The molecule has 8 nitrogen and oxygen atoms in total. The molecule has 140 valence electrons. The Hall–Kier alpha value is -1.55. The predicted octanol–water partition coefficient (Wildman–Crippen LogP) is 1.38. The molecule has 25 heavy (non-hydrogen) atoms. The van der Waals surface area contributed by atoms with Crippen LogP contribution in [-0.4, -0.2) is 65.0 Å². The normalized spacial score (nSPS) is 20.5. The molecule has 1 aliphatic heterocycles. The number of benzene rings is 1. The number of halogens is 1. The van der Waals surface area contributed by atoms with Crippen LogP contribution in [0.15, 0.2) is 18.2 Å². The zero-order valence-corrected chi connectivity index (χ0v) is 15.9. The molecule has 2 atom stereocenters. The first-order chi connectivity index (χ1) is 11.7. The van der Waals surface area contributed by atoms with E-state index in [1.54, 1.807) is 18.2 Å². The highest BCUT2D eigenvalue weighted by Gasteiger charge is 2.34. The summed E-state index contributed by atoms with van der Waals surface area (Å²) < 4.78 is 35.6. The van der Waals surface area contributed by atoms with Crippen molar-refractivity contribution in [3.05, 3.63) is 23.2 Å². The zero-order chi connectivity index (χ0) is 18.6. The number of hydrogen-bond acceptors (Lipinski definition) is 5. The number of methoxy groups -OCH3 is 1. The van der Waals surface area contributed by atoms with Crippen molar-refractivity contribution in [2.75, 3.05) is 45.5 Å². The van der Waals surface area contributed by atoms with Gasteiger partial charge in [-0.25, -0.2) is 17.5 Å². The molecule has 0 saturated carbocycles. The van der Waals surface area contributed by atoms with E-state index in [-0.39, 0.29) is 30.9 Å². The second kappa shape index (κ2) is 8.22. The van der Waals surface area contributed by atoms with Gasteiger partial charge >= 0.3 is 6.03 Å². The van der Waals surface area contributed by atoms with E-state index in [0.717, 1.165) is 0 Å². The molecule has 0 aliphatic carbocycles. The number of ether oxygens (including phenoxy) is 2. The second-order valence-corrected chi connectivity index (χ2v) is 8.55. The van der Waals surface area contributed by atoms with Gasteiger partial charge in [0.1, 0.15) is 5.75 Å². The van der Waals surface area contributed by atoms with Gasteiger partial charge in [0.2, 0.25) is 10.0 Å². The maximum Gasteiger partial charge on any atom is 0.319 e. The number of rotatable bonds is 6. The molecule has 2 amide bonds. The van der Waals surface area contributed by atoms with Crippen LogP contribution in [0.4, 0.5) is 10.5 Å². The summed E-state index contributed by atoms with van der Waals surface area (Å²) in [4.78, 5) is 12.2. The number of anilines is 1. The highest BCUT2D eigenvalue weighted by molar-refractivity contribution is 7.89. The number of carbonyl (C=O) groups excluding carboxylic acids is 1. The van der Waals surface area contributed by atoms with E-state index in [1.807, 2.05) is 0 Å². The average molecular weight is 392 g/mol. The van der Waals surface area contributed by atoms with Crippen molar-refractivity contribution in [2.24, 2.45) is 5.92 Å². The molecule has 1 aromatic carbocycles. The monoisotopic (exact) mass is 391 g/mol. The molecule has 2 rings (SSSR count). The molecule has 1 saturated heterocycles. The van der Waals surface area contributed by atoms with E-state index < -0.39 is 16.1 Å². The SMILES string of the molecule is COc1ccc(NC(=O)N[C@@H]2COC[C@H]2CS(=O)(=O)N(C)C)cc1Cl. The molecule has 1 heterocycles. The standard InChI is InChI=1S/C15H22ClN3O5S/c1-19(2)25(21,22)9-10-7-24-8-13(10)18-15(20)17-11-4-5-14(23-3)12(16)6-11/h4-6,10,13H,7-9H2,1-3H3,(H2,17,18,20)/t10-,13+/m0/s1. The van der Waals surface area contributed by atoms with Crippen molar-refractivity contribution >= 4 is 33.3 Å². The van der Waals surface area contributed by atoms with Crippen LogP contribution >= 0.6 is 11.6 Å². The summed E-state index contributed by atoms with van der Waals surface area (Å²) in [5, 5.41) is 5.79. The van der Waals surface area contributed by atoms with E-state index in [9.17, 15) is 13.2 Å². The van der Waals surface area contributed by atoms with Gasteiger partial charge in [0, 0.05) is 25.7 Å². The fourth-order valence-electron chi connectivity index (χ4n) is 2.42. The van der Waals surface area contributed by atoms with Gasteiger partial charge in [0.15, 0.2) is 0 Å². The Bertz CT molecular complexity index is 726. The van der Waals surface area contributed by atoms with Crippen LogP contribution in [0.2, 0.25) is 5.02 Å². The minimum Gasteiger partial charge on any atom is -0.495 e. The summed E-state index contributed by atoms with van der Waals surface area (Å²) >= 11 is 6.02. The first-order valence-corrected chi connectivity index (χ1v) is 9.60. The Balaban J connectivity index is 1.96. The van der Waals surface area contributed by atoms with Gasteiger partial charge in [-0.1, -0.05) is 11.6 Å². The van der Waals surface area contributed by atoms with E-state index in [0.29, 0.717) is 16.5 Å². The van der Waals surface area contributed by atoms with Crippen LogP contribution in [0, 0.1) is 5.92 Å². The third-order valence-corrected chi connectivity index (χ3v) is 6.16. The third kappa shape index (κ3) is 5.21. The van der Waals surface area contributed by atoms with Crippen molar-refractivity contribution in [2.45, 2.75) is 6.04 Å². The minimum atomic E-state index is -3.37. The third-order valence-electron chi connectivity index (χ3n) is 3.91. The average Bonchev–Trinajstić information content (AvgIpc) is 2.93. The highest BCUT2D eigenvalue weighted by Crippen LogP contribution is 2.27. The van der Waals surface area contributed by atoms with Gasteiger partial charge in [-0.2, -0.15) is 0 Å². The fraction of sp³-hybridized carbons (Fsp3) is 0.533. The molecular formula is C15H22ClN3O5S. The molecule has 0 unspecified atom stereocenters. The number of nitrogens with zero attached hydrogens (tertiary/aromatic N) is 1. The predicted molar refractivity (Wildman–Crippen MR) is 95.7 cm³/mol. The molecular weight excluding hydrogens is 370 g/mol. The van der Waals surface area contributed by atoms with Gasteiger partial charge in [0.05, 0.1) is 37.1 Å². The summed E-state index contributed by atoms with van der Waals surface area (Å²) in [7, 11) is 1.09. The minimum absolute atomic E-state index is 0.0840. The molecule has 1 fully saturated rings. The Morgan fingerprint density at radius 3 is 2.72 bits per heavy atom. The molecule has 2 N–H and O–H groups in total. The lowest BCUT2D eigenvalue weighted by molar-refractivity contribution is 0.184. The van der Waals surface area contributed by atoms with Gasteiger partial charge < -0.3 is 20.1 Å². The number of carbonyl (C=O) groups is 1. The van der Waals surface area contributed by atoms with E-state index in [1.165, 1.54) is 25.5 Å². The topological polar surface area (TPSA) is 97.0 Å². The van der Waals surface area contributed by atoms with Crippen molar-refractivity contribution in [3.8, 4) is 5.75 Å². The maximum absolute atomic E-state index is 12.2. The number of amides is 2. The van der Waals surface area contributed by atoms with Crippen molar-refractivity contribution in [1.29, 1.82) is 0 Å². The molecule has 0 bridgehead atoms. The maximum atomic E-state index is 12.2. The first kappa shape index (κ1) is 19.8. The lowest BCUT2D eigenvalue weighted by Crippen LogP contribution is -2.45. The van der Waals surface area contributed by atoms with E-state index in [4.69, 9.17) is 21.1 Å². The van der Waals surface area contributed by atoms with Crippen LogP contribution in [-0.2, 0) is 14.8 Å². The lowest BCUT2D eigenvalue weighted by atomic mass is 10.1. The number of nitrogens with one attached hydrogen (secondary N) is 2. The van der Waals surface area contributed by atoms with E-state index >= 15 is 0 Å². The molecule has 1 aliphatic rings. The van der Waals surface area contributed by atoms with Gasteiger partial charge in [-0.15, -0.1) is 0 Å². The summed E-state index contributed by atoms with van der Waals surface area (Å²) in [5.41, 5.74) is 0.500. The zero-order valence-electron chi connectivity index (χ0n) is 14.3. The van der Waals surface area contributed by atoms with Crippen molar-refractivity contribution < 1.29 is 22.7 Å². The Kier molecular flexibility index (Phi) is 6.50. The Labute approximate surface area is 152 Å². The van der Waals surface area contributed by atoms with Crippen LogP contribution in [0.25, 0.3) is 0 Å². The van der Waals surface area contributed by atoms with Crippen molar-refractivity contribution in [1.82, 2.24) is 9.62 Å². The van der Waals surface area contributed by atoms with Gasteiger partial charge in [-0.05, 0) is 18.2 Å². The molecule has 0 radical (unpaired) electrons. The highest BCUT2D eigenvalue weighted by atomic mass is 35.5. The van der Waals surface area contributed by atoms with Crippen LogP contribution in [0.5, 0.6) is 5.75 Å². The van der Waals surface area contributed by atoms with Gasteiger partial charge in [0.25, 0.3) is 0 Å². The molecule has 0 spiro atoms. The summed E-state index contributed by atoms with van der Waals surface area (Å²) in [5.74, 6) is 0.114.